The van der Waals surface area contributed by atoms with E-state index < -0.39 is 0 Å². The van der Waals surface area contributed by atoms with Crippen LogP contribution in [-0.4, -0.2) is 18.3 Å². The molecule has 0 radical (unpaired) electrons. The Morgan fingerprint density at radius 2 is 2.00 bits per heavy atom. The molecule has 2 nitrogen and oxygen atoms in total. The Balaban J connectivity index is 0. The van der Waals surface area contributed by atoms with Gasteiger partial charge >= 0.3 is 0 Å². The lowest BCUT2D eigenvalue weighted by Gasteiger charge is -1.93. The molecule has 0 aromatic carbocycles. The summed E-state index contributed by atoms with van der Waals surface area (Å²) in [5.74, 6) is 0. The van der Waals surface area contributed by atoms with Gasteiger partial charge in [-0.05, 0) is 13.3 Å². The smallest absolute Gasteiger partial charge is 0.0872 e. The molecule has 0 amide bonds. The van der Waals surface area contributed by atoms with Crippen LogP contribution < -0.4 is 0 Å². The highest BCUT2D eigenvalue weighted by Gasteiger charge is 1.76. The Kier molecular flexibility index (Phi) is 19.3. The zero-order valence-electron chi connectivity index (χ0n) is 6.97. The number of hydrogen-bond acceptors (Lipinski definition) is 2. The van der Waals surface area contributed by atoms with Crippen LogP contribution in [0.15, 0.2) is 12.8 Å². The van der Waals surface area contributed by atoms with Crippen molar-refractivity contribution in [3.05, 3.63) is 12.8 Å². The number of rotatable bonds is 4. The minimum atomic E-state index is 0.250. The minimum Gasteiger partial charge on any atom is -0.502 e. The molecule has 0 atom stereocenters. The second-order valence-electron chi connectivity index (χ2n) is 1.71. The molecule has 0 fully saturated rings. The Hall–Kier alpha value is -0.500. The topological polar surface area (TPSA) is 29.5 Å². The van der Waals surface area contributed by atoms with Gasteiger partial charge in [-0.3, -0.25) is 0 Å². The maximum Gasteiger partial charge on any atom is 0.0872 e. The van der Waals surface area contributed by atoms with E-state index in [4.69, 9.17) is 9.84 Å². The fourth-order valence-corrected chi connectivity index (χ4v) is 0.311. The predicted octanol–water partition coefficient (Wildman–Crippen LogP) is 1.95. The summed E-state index contributed by atoms with van der Waals surface area (Å²) in [6.45, 7) is 8.29. The van der Waals surface area contributed by atoms with Gasteiger partial charge < -0.3 is 9.84 Å². The second-order valence-corrected chi connectivity index (χ2v) is 1.71. The quantitative estimate of drug-likeness (QED) is 0.485. The van der Waals surface area contributed by atoms with Crippen LogP contribution in [0.3, 0.4) is 0 Å². The van der Waals surface area contributed by atoms with E-state index in [0.717, 1.165) is 13.0 Å². The molecule has 0 saturated carbocycles. The van der Waals surface area contributed by atoms with Crippen LogP contribution in [0, 0.1) is 0 Å². The van der Waals surface area contributed by atoms with Gasteiger partial charge in [0.25, 0.3) is 0 Å². The maximum absolute atomic E-state index is 7.57. The molecule has 0 saturated heterocycles. The first-order chi connectivity index (χ1) is 4.83. The SMILES string of the molecule is C=COCCCC.CCO. The van der Waals surface area contributed by atoms with Crippen molar-refractivity contribution in [2.75, 3.05) is 13.2 Å². The van der Waals surface area contributed by atoms with Gasteiger partial charge in [-0.1, -0.05) is 19.9 Å². The Bertz CT molecular complexity index is 53.2. The van der Waals surface area contributed by atoms with Crippen LogP contribution in [0.2, 0.25) is 0 Å². The molecule has 0 bridgehead atoms. The van der Waals surface area contributed by atoms with Gasteiger partial charge in [0.15, 0.2) is 0 Å². The predicted molar refractivity (Wildman–Crippen MR) is 43.8 cm³/mol. The van der Waals surface area contributed by atoms with Crippen molar-refractivity contribution in [1.29, 1.82) is 0 Å². The third kappa shape index (κ3) is 25.9. The highest BCUT2D eigenvalue weighted by atomic mass is 16.5. The lowest BCUT2D eigenvalue weighted by molar-refractivity contribution is 0.245. The van der Waals surface area contributed by atoms with E-state index in [1.54, 1.807) is 6.92 Å². The standard InChI is InChI=1S/C6H12O.C2H6O/c1-3-5-6-7-4-2;1-2-3/h4H,2-3,5-6H2,1H3;3H,2H2,1H3. The molecule has 62 valence electrons. The summed E-state index contributed by atoms with van der Waals surface area (Å²) < 4.78 is 4.84. The average molecular weight is 146 g/mol. The molecule has 0 spiro atoms. The molecule has 2 heteroatoms. The monoisotopic (exact) mass is 146 g/mol. The molecule has 1 N–H and O–H groups in total. The number of hydrogen-bond donors (Lipinski definition) is 1. The minimum absolute atomic E-state index is 0.250. The zero-order chi connectivity index (χ0) is 8.24. The van der Waals surface area contributed by atoms with E-state index in [1.165, 1.54) is 12.7 Å². The van der Waals surface area contributed by atoms with Crippen molar-refractivity contribution in [2.45, 2.75) is 26.7 Å². The van der Waals surface area contributed by atoms with Gasteiger partial charge in [0.05, 0.1) is 12.9 Å². The van der Waals surface area contributed by atoms with Crippen LogP contribution in [0.4, 0.5) is 0 Å². The second kappa shape index (κ2) is 15.8. The first kappa shape index (κ1) is 12.2. The number of unbranched alkanes of at least 4 members (excludes halogenated alkanes) is 1. The van der Waals surface area contributed by atoms with Gasteiger partial charge in [-0.15, -0.1) is 0 Å². The van der Waals surface area contributed by atoms with Crippen molar-refractivity contribution in [3.63, 3.8) is 0 Å². The number of aliphatic hydroxyl groups excluding tert-OH is 1. The van der Waals surface area contributed by atoms with E-state index >= 15 is 0 Å². The van der Waals surface area contributed by atoms with Gasteiger partial charge in [-0.2, -0.15) is 0 Å². The molecule has 0 aromatic heterocycles. The Morgan fingerprint density at radius 1 is 1.50 bits per heavy atom. The van der Waals surface area contributed by atoms with Crippen LogP contribution >= 0.6 is 0 Å². The van der Waals surface area contributed by atoms with Crippen molar-refractivity contribution < 1.29 is 9.84 Å². The summed E-state index contributed by atoms with van der Waals surface area (Å²) in [5, 5.41) is 7.57. The van der Waals surface area contributed by atoms with Gasteiger partial charge in [0, 0.05) is 6.61 Å². The van der Waals surface area contributed by atoms with Gasteiger partial charge in [0.1, 0.15) is 0 Å². The fourth-order valence-electron chi connectivity index (χ4n) is 0.311. The Labute approximate surface area is 63.5 Å². The van der Waals surface area contributed by atoms with Gasteiger partial charge in [0.2, 0.25) is 0 Å². The molecule has 0 rings (SSSR count). The van der Waals surface area contributed by atoms with Crippen molar-refractivity contribution in [3.8, 4) is 0 Å². The third-order valence-electron chi connectivity index (χ3n) is 0.734. The highest BCUT2D eigenvalue weighted by Crippen LogP contribution is 1.85. The van der Waals surface area contributed by atoms with E-state index in [0.29, 0.717) is 0 Å². The lowest BCUT2D eigenvalue weighted by Crippen LogP contribution is -1.83. The summed E-state index contributed by atoms with van der Waals surface area (Å²) in [6, 6.07) is 0. The number of ether oxygens (including phenoxy) is 1. The summed E-state index contributed by atoms with van der Waals surface area (Å²) in [6.07, 6.45) is 3.80. The molecule has 0 heterocycles. The lowest BCUT2D eigenvalue weighted by atomic mass is 10.4. The number of aliphatic hydroxyl groups is 1. The van der Waals surface area contributed by atoms with Crippen molar-refractivity contribution in [2.24, 2.45) is 0 Å². The fraction of sp³-hybridized carbons (Fsp3) is 0.750. The van der Waals surface area contributed by atoms with E-state index in [9.17, 15) is 0 Å². The zero-order valence-corrected chi connectivity index (χ0v) is 6.97. The van der Waals surface area contributed by atoms with E-state index in [1.807, 2.05) is 0 Å². The molecular formula is C8H18O2. The largest absolute Gasteiger partial charge is 0.502 e. The third-order valence-corrected chi connectivity index (χ3v) is 0.734. The molecule has 0 aromatic rings. The first-order valence-electron chi connectivity index (χ1n) is 3.66. The van der Waals surface area contributed by atoms with E-state index in [2.05, 4.69) is 13.5 Å². The molecular weight excluding hydrogens is 128 g/mol. The normalized spacial score (nSPS) is 7.50. The first-order valence-corrected chi connectivity index (χ1v) is 3.66. The van der Waals surface area contributed by atoms with Gasteiger partial charge in [-0.25, -0.2) is 0 Å². The molecule has 0 aliphatic carbocycles. The van der Waals surface area contributed by atoms with Crippen molar-refractivity contribution in [1.82, 2.24) is 0 Å². The average Bonchev–Trinajstić information content (AvgIpc) is 1.91. The summed E-state index contributed by atoms with van der Waals surface area (Å²) in [7, 11) is 0. The summed E-state index contributed by atoms with van der Waals surface area (Å²) in [4.78, 5) is 0. The highest BCUT2D eigenvalue weighted by molar-refractivity contribution is 4.47. The van der Waals surface area contributed by atoms with E-state index in [-0.39, 0.29) is 6.61 Å². The van der Waals surface area contributed by atoms with Crippen LogP contribution in [0.25, 0.3) is 0 Å². The summed E-state index contributed by atoms with van der Waals surface area (Å²) >= 11 is 0. The van der Waals surface area contributed by atoms with Crippen LogP contribution in [-0.2, 0) is 4.74 Å². The van der Waals surface area contributed by atoms with Crippen molar-refractivity contribution >= 4 is 0 Å². The molecule has 0 aliphatic rings. The van der Waals surface area contributed by atoms with Crippen LogP contribution in [0.1, 0.15) is 26.7 Å². The molecule has 10 heavy (non-hydrogen) atoms. The molecule has 0 unspecified atom stereocenters. The van der Waals surface area contributed by atoms with Crippen LogP contribution in [0.5, 0.6) is 0 Å². The summed E-state index contributed by atoms with van der Waals surface area (Å²) in [5.41, 5.74) is 0. The maximum atomic E-state index is 7.57. The molecule has 0 aliphatic heterocycles. The Morgan fingerprint density at radius 3 is 2.30 bits per heavy atom.